The molecule has 29 heavy (non-hydrogen) atoms. The molecule has 1 N–H and O–H groups in total. The molecule has 1 heterocycles. The Morgan fingerprint density at radius 3 is 2.41 bits per heavy atom. The highest BCUT2D eigenvalue weighted by molar-refractivity contribution is 5.95. The molecule has 0 saturated carbocycles. The van der Waals surface area contributed by atoms with Gasteiger partial charge in [0.1, 0.15) is 17.3 Å². The van der Waals surface area contributed by atoms with E-state index in [2.05, 4.69) is 12.2 Å². The van der Waals surface area contributed by atoms with E-state index in [1.54, 1.807) is 30.0 Å². The highest BCUT2D eigenvalue weighted by Crippen LogP contribution is 2.17. The number of benzene rings is 1. The van der Waals surface area contributed by atoms with Crippen LogP contribution in [0.1, 0.15) is 66.5 Å². The third kappa shape index (κ3) is 7.37. The van der Waals surface area contributed by atoms with Crippen molar-refractivity contribution in [2.75, 3.05) is 13.1 Å². The molecule has 0 fully saturated rings. The van der Waals surface area contributed by atoms with Gasteiger partial charge in [0, 0.05) is 26.1 Å². The van der Waals surface area contributed by atoms with Crippen LogP contribution in [0.15, 0.2) is 34.7 Å². The van der Waals surface area contributed by atoms with Crippen molar-refractivity contribution in [2.45, 2.75) is 59.4 Å². The van der Waals surface area contributed by atoms with E-state index in [1.807, 2.05) is 6.92 Å². The fourth-order valence-corrected chi connectivity index (χ4v) is 3.19. The topological polar surface area (TPSA) is 62.6 Å². The van der Waals surface area contributed by atoms with Gasteiger partial charge in [-0.05, 0) is 44.0 Å². The minimum Gasteiger partial charge on any atom is -0.466 e. The first-order chi connectivity index (χ1) is 13.9. The van der Waals surface area contributed by atoms with Crippen molar-refractivity contribution < 1.29 is 18.4 Å². The molecule has 1 aromatic carbocycles. The van der Waals surface area contributed by atoms with Gasteiger partial charge in [0.25, 0.3) is 5.91 Å². The second-order valence-electron chi connectivity index (χ2n) is 7.33. The maximum Gasteiger partial charge on any atom is 0.257 e. The van der Waals surface area contributed by atoms with Crippen LogP contribution in [0.25, 0.3) is 0 Å². The molecule has 5 nitrogen and oxygen atoms in total. The highest BCUT2D eigenvalue weighted by Gasteiger charge is 2.21. The molecule has 2 amide bonds. The molecule has 6 heteroatoms. The van der Waals surface area contributed by atoms with Gasteiger partial charge in [-0.2, -0.15) is 0 Å². The van der Waals surface area contributed by atoms with Crippen LogP contribution in [0, 0.1) is 19.7 Å². The molecule has 158 valence electrons. The lowest BCUT2D eigenvalue weighted by Crippen LogP contribution is -2.36. The van der Waals surface area contributed by atoms with Crippen molar-refractivity contribution in [1.82, 2.24) is 10.2 Å². The molecule has 0 atom stereocenters. The van der Waals surface area contributed by atoms with E-state index in [-0.39, 0.29) is 24.1 Å². The maximum atomic E-state index is 13.0. The minimum absolute atomic E-state index is 0.0952. The van der Waals surface area contributed by atoms with Crippen LogP contribution in [0.4, 0.5) is 4.39 Å². The van der Waals surface area contributed by atoms with Crippen molar-refractivity contribution in [3.05, 3.63) is 58.8 Å². The Morgan fingerprint density at radius 2 is 1.79 bits per heavy atom. The van der Waals surface area contributed by atoms with Crippen molar-refractivity contribution >= 4 is 11.8 Å². The third-order valence-electron chi connectivity index (χ3n) is 4.85. The molecular formula is C23H31FN2O3. The lowest BCUT2D eigenvalue weighted by atomic mass is 10.1. The quantitative estimate of drug-likeness (QED) is 0.551. The summed E-state index contributed by atoms with van der Waals surface area (Å²) in [6.45, 7) is 7.05. The molecule has 0 aliphatic carbocycles. The second-order valence-corrected chi connectivity index (χ2v) is 7.33. The monoisotopic (exact) mass is 402 g/mol. The third-order valence-corrected chi connectivity index (χ3v) is 4.85. The summed E-state index contributed by atoms with van der Waals surface area (Å²) in [4.78, 5) is 27.0. The van der Waals surface area contributed by atoms with Gasteiger partial charge in [0.15, 0.2) is 0 Å². The zero-order valence-corrected chi connectivity index (χ0v) is 17.6. The van der Waals surface area contributed by atoms with E-state index in [0.29, 0.717) is 36.7 Å². The number of nitrogens with zero attached hydrogens (tertiary/aromatic N) is 1. The van der Waals surface area contributed by atoms with Crippen molar-refractivity contribution in [3.63, 3.8) is 0 Å². The van der Waals surface area contributed by atoms with Gasteiger partial charge >= 0.3 is 0 Å². The molecule has 0 aliphatic rings. The predicted octanol–water partition coefficient (Wildman–Crippen LogP) is 4.76. The Balaban J connectivity index is 1.91. The van der Waals surface area contributed by atoms with Crippen molar-refractivity contribution in [1.29, 1.82) is 0 Å². The van der Waals surface area contributed by atoms with Crippen LogP contribution in [-0.2, 0) is 11.3 Å². The standard InChI is InChI=1S/C23H31FN2O3/c1-4-5-6-7-13-26(23(28)21-15-17(2)29-18(21)3)14-12-22(27)25-16-19-8-10-20(24)11-9-19/h8-11,15H,4-7,12-14,16H2,1-3H3,(H,25,27). The van der Waals surface area contributed by atoms with E-state index in [4.69, 9.17) is 4.42 Å². The van der Waals surface area contributed by atoms with Gasteiger partial charge in [-0.1, -0.05) is 38.3 Å². The molecule has 2 rings (SSSR count). The zero-order valence-electron chi connectivity index (χ0n) is 17.6. The lowest BCUT2D eigenvalue weighted by Gasteiger charge is -2.22. The normalized spacial score (nSPS) is 10.8. The molecule has 2 aromatic rings. The average molecular weight is 403 g/mol. The Morgan fingerprint density at radius 1 is 1.07 bits per heavy atom. The molecule has 0 aliphatic heterocycles. The number of rotatable bonds is 11. The predicted molar refractivity (Wildman–Crippen MR) is 111 cm³/mol. The lowest BCUT2D eigenvalue weighted by molar-refractivity contribution is -0.121. The summed E-state index contributed by atoms with van der Waals surface area (Å²) in [6.07, 6.45) is 4.44. The van der Waals surface area contributed by atoms with Gasteiger partial charge in [-0.15, -0.1) is 0 Å². The molecule has 0 saturated heterocycles. The van der Waals surface area contributed by atoms with Crippen LogP contribution in [0.5, 0.6) is 0 Å². The van der Waals surface area contributed by atoms with E-state index in [1.165, 1.54) is 12.1 Å². The average Bonchev–Trinajstić information content (AvgIpc) is 3.04. The van der Waals surface area contributed by atoms with Crippen LogP contribution in [-0.4, -0.2) is 29.8 Å². The summed E-state index contributed by atoms with van der Waals surface area (Å²) in [6, 6.07) is 7.78. The number of amides is 2. The summed E-state index contributed by atoms with van der Waals surface area (Å²) in [5.41, 5.74) is 1.39. The van der Waals surface area contributed by atoms with Gasteiger partial charge in [0.2, 0.25) is 5.91 Å². The van der Waals surface area contributed by atoms with E-state index < -0.39 is 0 Å². The molecule has 1 aromatic heterocycles. The van der Waals surface area contributed by atoms with Crippen LogP contribution >= 0.6 is 0 Å². The van der Waals surface area contributed by atoms with Crippen LogP contribution in [0.3, 0.4) is 0 Å². The number of furan rings is 1. The number of unbranched alkanes of at least 4 members (excludes halogenated alkanes) is 3. The largest absolute Gasteiger partial charge is 0.466 e. The van der Waals surface area contributed by atoms with Crippen LogP contribution < -0.4 is 5.32 Å². The summed E-state index contributed by atoms with van der Waals surface area (Å²) in [5, 5.41) is 2.83. The number of halogens is 1. The Bertz CT molecular complexity index is 799. The number of hydrogen-bond donors (Lipinski definition) is 1. The zero-order chi connectivity index (χ0) is 21.2. The first kappa shape index (κ1) is 22.7. The number of nitrogens with one attached hydrogen (secondary N) is 1. The first-order valence-corrected chi connectivity index (χ1v) is 10.3. The molecule has 0 unspecified atom stereocenters. The van der Waals surface area contributed by atoms with Gasteiger partial charge in [-0.25, -0.2) is 4.39 Å². The minimum atomic E-state index is -0.304. The molecule has 0 radical (unpaired) electrons. The van der Waals surface area contributed by atoms with Crippen molar-refractivity contribution in [2.24, 2.45) is 0 Å². The van der Waals surface area contributed by atoms with Gasteiger partial charge in [-0.3, -0.25) is 9.59 Å². The number of hydrogen-bond acceptors (Lipinski definition) is 3. The molecule has 0 bridgehead atoms. The Kier molecular flexibility index (Phi) is 8.90. The van der Waals surface area contributed by atoms with E-state index in [0.717, 1.165) is 31.2 Å². The summed E-state index contributed by atoms with van der Waals surface area (Å²) in [5.74, 6) is 0.769. The molecular weight excluding hydrogens is 371 g/mol. The number of carbonyl (C=O) groups is 2. The number of carbonyl (C=O) groups excluding carboxylic acids is 2. The maximum absolute atomic E-state index is 13.0. The first-order valence-electron chi connectivity index (χ1n) is 10.3. The van der Waals surface area contributed by atoms with Crippen molar-refractivity contribution in [3.8, 4) is 0 Å². The summed E-state index contributed by atoms with van der Waals surface area (Å²) in [7, 11) is 0. The highest BCUT2D eigenvalue weighted by atomic mass is 19.1. The summed E-state index contributed by atoms with van der Waals surface area (Å²) >= 11 is 0. The fraction of sp³-hybridized carbons (Fsp3) is 0.478. The Labute approximate surface area is 172 Å². The number of aryl methyl sites for hydroxylation is 2. The fourth-order valence-electron chi connectivity index (χ4n) is 3.19. The SMILES string of the molecule is CCCCCCN(CCC(=O)NCc1ccc(F)cc1)C(=O)c1cc(C)oc1C. The van der Waals surface area contributed by atoms with Crippen LogP contribution in [0.2, 0.25) is 0 Å². The van der Waals surface area contributed by atoms with Gasteiger partial charge in [0.05, 0.1) is 5.56 Å². The Hall–Kier alpha value is -2.63. The second kappa shape index (κ2) is 11.4. The smallest absolute Gasteiger partial charge is 0.257 e. The van der Waals surface area contributed by atoms with Gasteiger partial charge < -0.3 is 14.6 Å². The van der Waals surface area contributed by atoms with E-state index >= 15 is 0 Å². The van der Waals surface area contributed by atoms with E-state index in [9.17, 15) is 14.0 Å². The molecule has 0 spiro atoms. The summed E-state index contributed by atoms with van der Waals surface area (Å²) < 4.78 is 18.5.